The fraction of sp³-hybridized carbons (Fsp3) is 0.409. The Kier molecular flexibility index (Phi) is 5.49. The van der Waals surface area contributed by atoms with Crippen molar-refractivity contribution in [2.24, 2.45) is 13.0 Å². The van der Waals surface area contributed by atoms with Gasteiger partial charge in [0.05, 0.1) is 11.0 Å². The van der Waals surface area contributed by atoms with Gasteiger partial charge in [0.15, 0.2) is 6.29 Å². The van der Waals surface area contributed by atoms with Gasteiger partial charge in [0.25, 0.3) is 5.56 Å². The van der Waals surface area contributed by atoms with Crippen LogP contribution in [0.25, 0.3) is 22.4 Å². The summed E-state index contributed by atoms with van der Waals surface area (Å²) in [6.07, 6.45) is 4.60. The van der Waals surface area contributed by atoms with E-state index in [0.717, 1.165) is 61.3 Å². The van der Waals surface area contributed by atoms with E-state index in [1.165, 1.54) is 0 Å². The van der Waals surface area contributed by atoms with Crippen LogP contribution in [0.2, 0.25) is 0 Å². The number of rotatable bonds is 6. The van der Waals surface area contributed by atoms with Gasteiger partial charge >= 0.3 is 0 Å². The molecule has 1 aliphatic heterocycles. The van der Waals surface area contributed by atoms with Gasteiger partial charge in [0.1, 0.15) is 18.2 Å². The third-order valence-corrected chi connectivity index (χ3v) is 5.44. The van der Waals surface area contributed by atoms with E-state index in [4.69, 9.17) is 14.5 Å². The first-order chi connectivity index (χ1) is 14.1. The second kappa shape index (κ2) is 8.21. The first kappa shape index (κ1) is 19.4. The maximum atomic E-state index is 12.1. The lowest BCUT2D eigenvalue weighted by atomic mass is 10.00. The van der Waals surface area contributed by atoms with Crippen molar-refractivity contribution in [3.63, 3.8) is 0 Å². The number of imidazole rings is 1. The molecule has 1 saturated heterocycles. The number of pyridine rings is 1. The summed E-state index contributed by atoms with van der Waals surface area (Å²) in [5.74, 6) is 1.96. The molecular formula is C22H25N3O4. The lowest BCUT2D eigenvalue weighted by Gasteiger charge is -2.23. The molecule has 4 rings (SSSR count). The van der Waals surface area contributed by atoms with Gasteiger partial charge in [-0.1, -0.05) is 0 Å². The molecule has 2 aromatic heterocycles. The number of carbonyl (C=O) groups is 1. The molecular weight excluding hydrogens is 370 g/mol. The van der Waals surface area contributed by atoms with Gasteiger partial charge in [0.2, 0.25) is 0 Å². The Morgan fingerprint density at radius 1 is 1.28 bits per heavy atom. The number of fused-ring (bicyclic) bond motifs is 1. The van der Waals surface area contributed by atoms with E-state index in [1.54, 1.807) is 11.6 Å². The Morgan fingerprint density at radius 3 is 2.79 bits per heavy atom. The Labute approximate surface area is 168 Å². The monoisotopic (exact) mass is 395 g/mol. The molecule has 3 aromatic rings. The molecule has 1 fully saturated rings. The molecule has 0 saturated carbocycles. The summed E-state index contributed by atoms with van der Waals surface area (Å²) in [6, 6.07) is 7.61. The van der Waals surface area contributed by atoms with Crippen molar-refractivity contribution in [1.29, 1.82) is 0 Å². The van der Waals surface area contributed by atoms with Gasteiger partial charge in [-0.15, -0.1) is 0 Å². The highest BCUT2D eigenvalue weighted by molar-refractivity contribution is 5.82. The van der Waals surface area contributed by atoms with E-state index in [9.17, 15) is 9.59 Å². The van der Waals surface area contributed by atoms with Crippen LogP contribution in [0.1, 0.15) is 18.4 Å². The molecule has 3 heterocycles. The van der Waals surface area contributed by atoms with Crippen LogP contribution >= 0.6 is 0 Å². The molecule has 0 amide bonds. The largest absolute Gasteiger partial charge is 0.486 e. The highest BCUT2D eigenvalue weighted by Crippen LogP contribution is 2.30. The maximum Gasteiger partial charge on any atom is 0.253 e. The summed E-state index contributed by atoms with van der Waals surface area (Å²) in [7, 11) is 1.76. The number of benzene rings is 1. The predicted molar refractivity (Wildman–Crippen MR) is 110 cm³/mol. The first-order valence-corrected chi connectivity index (χ1v) is 9.89. The first-order valence-electron chi connectivity index (χ1n) is 9.89. The van der Waals surface area contributed by atoms with Crippen molar-refractivity contribution in [1.82, 2.24) is 14.1 Å². The maximum absolute atomic E-state index is 12.1. The minimum Gasteiger partial charge on any atom is -0.486 e. The molecule has 0 spiro atoms. The standard InChI is InChI=1S/C22H25N3O4/c1-15-11-17(14-24(2)22(15)27)21-23-19-12-18(29-10-7-26)3-4-20(19)25(21)13-16-5-8-28-9-6-16/h3-4,7,11-12,14,16H,5-6,8-10,13H2,1-2H3. The average molecular weight is 395 g/mol. The Balaban J connectivity index is 1.82. The lowest BCUT2D eigenvalue weighted by molar-refractivity contribution is -0.109. The van der Waals surface area contributed by atoms with E-state index >= 15 is 0 Å². The van der Waals surface area contributed by atoms with E-state index in [0.29, 0.717) is 17.2 Å². The van der Waals surface area contributed by atoms with Gasteiger partial charge in [-0.25, -0.2) is 4.98 Å². The predicted octanol–water partition coefficient (Wildman–Crippen LogP) is 2.71. The quantitative estimate of drug-likeness (QED) is 0.600. The van der Waals surface area contributed by atoms with Crippen molar-refractivity contribution >= 4 is 17.3 Å². The molecule has 0 aliphatic carbocycles. The van der Waals surface area contributed by atoms with Gasteiger partial charge < -0.3 is 18.6 Å². The highest BCUT2D eigenvalue weighted by atomic mass is 16.5. The van der Waals surface area contributed by atoms with E-state index in [-0.39, 0.29) is 12.2 Å². The molecule has 1 aromatic carbocycles. The fourth-order valence-corrected chi connectivity index (χ4v) is 3.92. The molecule has 7 heteroatoms. The average Bonchev–Trinajstić information content (AvgIpc) is 3.08. The van der Waals surface area contributed by atoms with Gasteiger partial charge in [-0.2, -0.15) is 0 Å². The molecule has 1 aliphatic rings. The molecule has 0 atom stereocenters. The van der Waals surface area contributed by atoms with Crippen molar-refractivity contribution in [2.45, 2.75) is 26.3 Å². The smallest absolute Gasteiger partial charge is 0.253 e. The molecule has 0 radical (unpaired) electrons. The third-order valence-electron chi connectivity index (χ3n) is 5.44. The topological polar surface area (TPSA) is 75.3 Å². The lowest BCUT2D eigenvalue weighted by Crippen LogP contribution is -2.21. The zero-order chi connectivity index (χ0) is 20.4. The number of nitrogens with zero attached hydrogens (tertiary/aromatic N) is 3. The summed E-state index contributed by atoms with van der Waals surface area (Å²) >= 11 is 0. The summed E-state index contributed by atoms with van der Waals surface area (Å²) in [4.78, 5) is 27.6. The molecule has 29 heavy (non-hydrogen) atoms. The van der Waals surface area contributed by atoms with Gasteiger partial charge in [-0.3, -0.25) is 9.59 Å². The van der Waals surface area contributed by atoms with Crippen LogP contribution in [0.15, 0.2) is 35.3 Å². The summed E-state index contributed by atoms with van der Waals surface area (Å²) < 4.78 is 14.8. The van der Waals surface area contributed by atoms with Crippen molar-refractivity contribution in [2.75, 3.05) is 19.8 Å². The molecule has 152 valence electrons. The second-order valence-electron chi connectivity index (χ2n) is 7.56. The van der Waals surface area contributed by atoms with Gasteiger partial charge in [0, 0.05) is 50.2 Å². The molecule has 0 unspecified atom stereocenters. The van der Waals surface area contributed by atoms with E-state index in [2.05, 4.69) is 4.57 Å². The Hall–Kier alpha value is -2.93. The van der Waals surface area contributed by atoms with Crippen LogP contribution in [0.4, 0.5) is 0 Å². The van der Waals surface area contributed by atoms with E-state index in [1.807, 2.05) is 37.4 Å². The Bertz CT molecular complexity index is 1070. The minimum atomic E-state index is -0.00890. The number of aldehydes is 1. The Morgan fingerprint density at radius 2 is 2.07 bits per heavy atom. The van der Waals surface area contributed by atoms with Crippen LogP contribution in [0, 0.1) is 12.8 Å². The normalized spacial score (nSPS) is 15.0. The summed E-state index contributed by atoms with van der Waals surface area (Å²) in [6.45, 7) is 4.25. The summed E-state index contributed by atoms with van der Waals surface area (Å²) in [5, 5.41) is 0. The van der Waals surface area contributed by atoms with Crippen LogP contribution in [0.5, 0.6) is 5.75 Å². The third kappa shape index (κ3) is 3.96. The zero-order valence-electron chi connectivity index (χ0n) is 16.8. The van der Waals surface area contributed by atoms with Crippen LogP contribution < -0.4 is 10.3 Å². The minimum absolute atomic E-state index is 0.00890. The zero-order valence-corrected chi connectivity index (χ0v) is 16.8. The number of hydrogen-bond acceptors (Lipinski definition) is 5. The number of aryl methyl sites for hydroxylation is 2. The number of aromatic nitrogens is 3. The molecule has 7 nitrogen and oxygen atoms in total. The van der Waals surface area contributed by atoms with Crippen LogP contribution in [-0.2, 0) is 23.1 Å². The van der Waals surface area contributed by atoms with Crippen molar-refractivity contribution in [3.8, 4) is 17.1 Å². The molecule has 0 bridgehead atoms. The van der Waals surface area contributed by atoms with E-state index < -0.39 is 0 Å². The number of ether oxygens (including phenoxy) is 2. The summed E-state index contributed by atoms with van der Waals surface area (Å²) in [5.41, 5.74) is 3.40. The van der Waals surface area contributed by atoms with Gasteiger partial charge in [-0.05, 0) is 43.9 Å². The second-order valence-corrected chi connectivity index (χ2v) is 7.56. The fourth-order valence-electron chi connectivity index (χ4n) is 3.92. The SMILES string of the molecule is Cc1cc(-c2nc3cc(OCC=O)ccc3n2CC2CCOCC2)cn(C)c1=O. The number of carbonyl (C=O) groups excluding carboxylic acids is 1. The van der Waals surface area contributed by atoms with Crippen molar-refractivity contribution in [3.05, 3.63) is 46.4 Å². The van der Waals surface area contributed by atoms with Crippen molar-refractivity contribution < 1.29 is 14.3 Å². The van der Waals surface area contributed by atoms with Crippen LogP contribution in [-0.4, -0.2) is 40.2 Å². The number of hydrogen-bond donors (Lipinski definition) is 0. The highest BCUT2D eigenvalue weighted by Gasteiger charge is 2.20. The van der Waals surface area contributed by atoms with Crippen LogP contribution in [0.3, 0.4) is 0 Å². The molecule has 0 N–H and O–H groups in total.